The van der Waals surface area contributed by atoms with Crippen LogP contribution in [-0.2, 0) is 4.79 Å². The van der Waals surface area contributed by atoms with Crippen LogP contribution in [0.2, 0.25) is 0 Å². The van der Waals surface area contributed by atoms with Crippen molar-refractivity contribution in [2.45, 2.75) is 31.7 Å². The second kappa shape index (κ2) is 5.01. The minimum Gasteiger partial charge on any atom is -0.355 e. The van der Waals surface area contributed by atoms with Crippen LogP contribution >= 0.6 is 0 Å². The van der Waals surface area contributed by atoms with Crippen molar-refractivity contribution in [1.82, 2.24) is 5.32 Å². The van der Waals surface area contributed by atoms with Crippen molar-refractivity contribution in [3.8, 4) is 0 Å². The van der Waals surface area contributed by atoms with E-state index in [0.29, 0.717) is 24.1 Å². The lowest BCUT2D eigenvalue weighted by atomic mass is 9.77. The molecular formula is C14H19N3O2. The average Bonchev–Trinajstić information content (AvgIpc) is 2.37. The fourth-order valence-corrected chi connectivity index (χ4v) is 2.18. The Hall–Kier alpha value is -1.88. The number of benzene rings is 1. The predicted octanol–water partition coefficient (Wildman–Crippen LogP) is 1.17. The average molecular weight is 261 g/mol. The highest BCUT2D eigenvalue weighted by molar-refractivity contribution is 6.02. The summed E-state index contributed by atoms with van der Waals surface area (Å²) in [6, 6.07) is 5.25. The molecule has 0 heterocycles. The maximum absolute atomic E-state index is 12.1. The first-order chi connectivity index (χ1) is 8.98. The molecule has 1 fully saturated rings. The Morgan fingerprint density at radius 3 is 2.53 bits per heavy atom. The summed E-state index contributed by atoms with van der Waals surface area (Å²) in [6.45, 7) is 1.81. The van der Waals surface area contributed by atoms with Gasteiger partial charge in [-0.15, -0.1) is 0 Å². The van der Waals surface area contributed by atoms with Crippen LogP contribution in [0.4, 0.5) is 5.69 Å². The van der Waals surface area contributed by atoms with Crippen molar-refractivity contribution in [3.05, 3.63) is 29.3 Å². The molecule has 102 valence electrons. The number of amides is 2. The van der Waals surface area contributed by atoms with Gasteiger partial charge in [0.1, 0.15) is 0 Å². The fourth-order valence-electron chi connectivity index (χ4n) is 2.18. The minimum absolute atomic E-state index is 0.167. The molecule has 19 heavy (non-hydrogen) atoms. The van der Waals surface area contributed by atoms with E-state index in [4.69, 9.17) is 5.73 Å². The van der Waals surface area contributed by atoms with Gasteiger partial charge in [0.15, 0.2) is 0 Å². The number of hydrogen-bond donors (Lipinski definition) is 3. The zero-order chi connectivity index (χ0) is 14.0. The Bertz CT molecular complexity index is 521. The van der Waals surface area contributed by atoms with E-state index in [-0.39, 0.29) is 11.8 Å². The van der Waals surface area contributed by atoms with E-state index in [1.165, 1.54) is 0 Å². The van der Waals surface area contributed by atoms with Crippen LogP contribution in [0.15, 0.2) is 18.2 Å². The molecule has 1 aromatic rings. The summed E-state index contributed by atoms with van der Waals surface area (Å²) in [4.78, 5) is 23.8. The van der Waals surface area contributed by atoms with Crippen molar-refractivity contribution >= 4 is 17.5 Å². The van der Waals surface area contributed by atoms with Crippen LogP contribution in [0.1, 0.15) is 35.2 Å². The van der Waals surface area contributed by atoms with Gasteiger partial charge in [0.25, 0.3) is 5.91 Å². The van der Waals surface area contributed by atoms with E-state index in [2.05, 4.69) is 10.6 Å². The number of hydrogen-bond acceptors (Lipinski definition) is 3. The standard InChI is InChI=1S/C14H19N3O2/c1-9-10(12(18)16-2)5-3-6-11(9)17-13(19)14(15)7-4-8-14/h3,5-6H,4,7-8,15H2,1-2H3,(H,16,18)(H,17,19). The third-order valence-electron chi connectivity index (χ3n) is 3.75. The molecule has 0 bridgehead atoms. The number of nitrogens with two attached hydrogens (primary N) is 1. The summed E-state index contributed by atoms with van der Waals surface area (Å²) in [5.41, 5.74) is 7.18. The summed E-state index contributed by atoms with van der Waals surface area (Å²) >= 11 is 0. The van der Waals surface area contributed by atoms with E-state index in [1.54, 1.807) is 25.2 Å². The fraction of sp³-hybridized carbons (Fsp3) is 0.429. The van der Waals surface area contributed by atoms with Crippen LogP contribution in [0, 0.1) is 6.92 Å². The molecule has 2 amide bonds. The Morgan fingerprint density at radius 2 is 2.00 bits per heavy atom. The van der Waals surface area contributed by atoms with E-state index < -0.39 is 5.54 Å². The molecule has 5 heteroatoms. The highest BCUT2D eigenvalue weighted by Crippen LogP contribution is 2.31. The Morgan fingerprint density at radius 1 is 1.32 bits per heavy atom. The van der Waals surface area contributed by atoms with Gasteiger partial charge in [-0.25, -0.2) is 0 Å². The number of carbonyl (C=O) groups excluding carboxylic acids is 2. The summed E-state index contributed by atoms with van der Waals surface area (Å²) < 4.78 is 0. The molecule has 1 aromatic carbocycles. The molecule has 2 rings (SSSR count). The van der Waals surface area contributed by atoms with Gasteiger partial charge in [-0.2, -0.15) is 0 Å². The molecule has 0 atom stereocenters. The summed E-state index contributed by atoms with van der Waals surface area (Å²) in [5.74, 6) is -0.337. The normalized spacial score (nSPS) is 16.4. The molecule has 0 radical (unpaired) electrons. The number of carbonyl (C=O) groups is 2. The van der Waals surface area contributed by atoms with E-state index >= 15 is 0 Å². The van der Waals surface area contributed by atoms with Crippen LogP contribution in [0.3, 0.4) is 0 Å². The van der Waals surface area contributed by atoms with Crippen LogP contribution in [0.25, 0.3) is 0 Å². The zero-order valence-electron chi connectivity index (χ0n) is 11.2. The van der Waals surface area contributed by atoms with E-state index in [9.17, 15) is 9.59 Å². The molecule has 0 saturated heterocycles. The van der Waals surface area contributed by atoms with Crippen LogP contribution < -0.4 is 16.4 Å². The Labute approximate surface area is 112 Å². The first kappa shape index (κ1) is 13.5. The lowest BCUT2D eigenvalue weighted by Crippen LogP contribution is -2.56. The molecule has 1 aliphatic rings. The largest absolute Gasteiger partial charge is 0.355 e. The van der Waals surface area contributed by atoms with Gasteiger partial charge >= 0.3 is 0 Å². The van der Waals surface area contributed by atoms with Gasteiger partial charge in [-0.1, -0.05) is 6.07 Å². The maximum atomic E-state index is 12.1. The van der Waals surface area contributed by atoms with Crippen LogP contribution in [0.5, 0.6) is 0 Å². The molecule has 5 nitrogen and oxygen atoms in total. The third kappa shape index (κ3) is 2.46. The van der Waals surface area contributed by atoms with Crippen molar-refractivity contribution < 1.29 is 9.59 Å². The van der Waals surface area contributed by atoms with Crippen molar-refractivity contribution in [2.75, 3.05) is 12.4 Å². The highest BCUT2D eigenvalue weighted by atomic mass is 16.2. The smallest absolute Gasteiger partial charge is 0.251 e. The number of rotatable bonds is 3. The van der Waals surface area contributed by atoms with Gasteiger partial charge in [-0.3, -0.25) is 9.59 Å². The van der Waals surface area contributed by atoms with Gasteiger partial charge in [0, 0.05) is 18.3 Å². The topological polar surface area (TPSA) is 84.2 Å². The minimum atomic E-state index is -0.741. The molecule has 0 spiro atoms. The highest BCUT2D eigenvalue weighted by Gasteiger charge is 2.40. The van der Waals surface area contributed by atoms with Crippen molar-refractivity contribution in [1.29, 1.82) is 0 Å². The van der Waals surface area contributed by atoms with E-state index in [0.717, 1.165) is 12.0 Å². The first-order valence-corrected chi connectivity index (χ1v) is 6.40. The lowest BCUT2D eigenvalue weighted by Gasteiger charge is -2.36. The van der Waals surface area contributed by atoms with Gasteiger partial charge < -0.3 is 16.4 Å². The quantitative estimate of drug-likeness (QED) is 0.763. The second-order valence-corrected chi connectivity index (χ2v) is 5.02. The van der Waals surface area contributed by atoms with Crippen molar-refractivity contribution in [2.24, 2.45) is 5.73 Å². The Kier molecular flexibility index (Phi) is 3.57. The van der Waals surface area contributed by atoms with Gasteiger partial charge in [-0.05, 0) is 43.9 Å². The van der Waals surface area contributed by atoms with Gasteiger partial charge in [0.2, 0.25) is 5.91 Å². The summed E-state index contributed by atoms with van der Waals surface area (Å²) in [6.07, 6.45) is 2.42. The number of nitrogens with one attached hydrogen (secondary N) is 2. The first-order valence-electron chi connectivity index (χ1n) is 6.40. The predicted molar refractivity (Wildman–Crippen MR) is 74.0 cm³/mol. The molecule has 0 aliphatic heterocycles. The number of anilines is 1. The molecule has 4 N–H and O–H groups in total. The summed E-state index contributed by atoms with van der Waals surface area (Å²) in [7, 11) is 1.58. The lowest BCUT2D eigenvalue weighted by molar-refractivity contribution is -0.123. The molecule has 0 unspecified atom stereocenters. The van der Waals surface area contributed by atoms with Crippen molar-refractivity contribution in [3.63, 3.8) is 0 Å². The molecule has 1 aliphatic carbocycles. The molecule has 1 saturated carbocycles. The van der Waals surface area contributed by atoms with E-state index in [1.807, 2.05) is 6.92 Å². The Balaban J connectivity index is 2.21. The molecular weight excluding hydrogens is 242 g/mol. The molecule has 0 aromatic heterocycles. The monoisotopic (exact) mass is 261 g/mol. The SMILES string of the molecule is CNC(=O)c1cccc(NC(=O)C2(N)CCC2)c1C. The van der Waals surface area contributed by atoms with Gasteiger partial charge in [0.05, 0.1) is 5.54 Å². The maximum Gasteiger partial charge on any atom is 0.251 e. The van der Waals surface area contributed by atoms with Crippen LogP contribution in [-0.4, -0.2) is 24.4 Å². The summed E-state index contributed by atoms with van der Waals surface area (Å²) in [5, 5.41) is 5.41. The zero-order valence-corrected chi connectivity index (χ0v) is 11.2. The third-order valence-corrected chi connectivity index (χ3v) is 3.75. The second-order valence-electron chi connectivity index (χ2n) is 5.02.